The second-order valence-electron chi connectivity index (χ2n) is 5.38. The molecule has 1 atom stereocenters. The molecule has 2 amide bonds. The topological polar surface area (TPSA) is 75.4 Å². The Balaban J connectivity index is 4.19. The van der Waals surface area contributed by atoms with Gasteiger partial charge in [-0.1, -0.05) is 0 Å². The molecule has 0 radical (unpaired) electrons. The highest BCUT2D eigenvalue weighted by Gasteiger charge is 2.21. The highest BCUT2D eigenvalue weighted by Crippen LogP contribution is 2.02. The van der Waals surface area contributed by atoms with Crippen molar-refractivity contribution >= 4 is 23.6 Å². The molecule has 0 aliphatic rings. The first-order valence-corrected chi connectivity index (χ1v) is 7.37. The molecule has 0 saturated heterocycles. The molecule has 106 valence electrons. The second-order valence-corrected chi connectivity index (χ2v) is 6.37. The van der Waals surface area contributed by atoms with Crippen LogP contribution in [0.1, 0.15) is 27.2 Å². The standard InChI is InChI=1S/C12H25N3O2S/c1-12(2,3)14-10(16)8-15(4)11(17)9(13)6-7-18-5/h9H,6-8,13H2,1-5H3,(H,14,16)/t9-/m0/s1. The molecule has 0 aromatic rings. The maximum atomic E-state index is 11.9. The molecule has 0 aromatic carbocycles. The average molecular weight is 275 g/mol. The quantitative estimate of drug-likeness (QED) is 0.737. The van der Waals surface area contributed by atoms with Crippen LogP contribution in [0, 0.1) is 0 Å². The molecule has 6 heteroatoms. The number of nitrogens with one attached hydrogen (secondary N) is 1. The highest BCUT2D eigenvalue weighted by molar-refractivity contribution is 7.98. The van der Waals surface area contributed by atoms with E-state index in [0.717, 1.165) is 5.75 Å². The SMILES string of the molecule is CSCC[C@H](N)C(=O)N(C)CC(=O)NC(C)(C)C. The molecule has 0 aliphatic carbocycles. The maximum Gasteiger partial charge on any atom is 0.240 e. The molecule has 0 heterocycles. The van der Waals surface area contributed by atoms with Gasteiger partial charge in [0.1, 0.15) is 0 Å². The predicted molar refractivity (Wildman–Crippen MR) is 76.5 cm³/mol. The Hall–Kier alpha value is -0.750. The van der Waals surface area contributed by atoms with Gasteiger partial charge in [0.05, 0.1) is 12.6 Å². The normalized spacial score (nSPS) is 13.0. The summed E-state index contributed by atoms with van der Waals surface area (Å²) in [5, 5.41) is 2.81. The van der Waals surface area contributed by atoms with E-state index in [4.69, 9.17) is 5.73 Å². The van der Waals surface area contributed by atoms with Crippen LogP contribution in [-0.4, -0.2) is 53.9 Å². The number of amides is 2. The molecule has 0 unspecified atom stereocenters. The number of likely N-dealkylation sites (N-methyl/N-ethyl adjacent to an activating group) is 1. The van der Waals surface area contributed by atoms with Gasteiger partial charge in [0.15, 0.2) is 0 Å². The number of carbonyl (C=O) groups excluding carboxylic acids is 2. The monoisotopic (exact) mass is 275 g/mol. The molecule has 0 saturated carbocycles. The van der Waals surface area contributed by atoms with Gasteiger partial charge in [-0.25, -0.2) is 0 Å². The Morgan fingerprint density at radius 1 is 1.39 bits per heavy atom. The minimum absolute atomic E-state index is 0.0447. The summed E-state index contributed by atoms with van der Waals surface area (Å²) in [4.78, 5) is 24.9. The molecule has 18 heavy (non-hydrogen) atoms. The molecule has 0 fully saturated rings. The van der Waals surface area contributed by atoms with Gasteiger partial charge in [0, 0.05) is 12.6 Å². The van der Waals surface area contributed by atoms with Crippen LogP contribution in [0.2, 0.25) is 0 Å². The van der Waals surface area contributed by atoms with Gasteiger partial charge in [-0.15, -0.1) is 0 Å². The summed E-state index contributed by atoms with van der Waals surface area (Å²) in [5.41, 5.74) is 5.48. The van der Waals surface area contributed by atoms with Crippen LogP contribution in [-0.2, 0) is 9.59 Å². The van der Waals surface area contributed by atoms with E-state index in [1.165, 1.54) is 4.90 Å². The number of carbonyl (C=O) groups is 2. The lowest BCUT2D eigenvalue weighted by Crippen LogP contribution is -2.49. The third-order valence-electron chi connectivity index (χ3n) is 2.22. The van der Waals surface area contributed by atoms with Crippen LogP contribution in [0.15, 0.2) is 0 Å². The van der Waals surface area contributed by atoms with Crippen LogP contribution in [0.4, 0.5) is 0 Å². The molecule has 0 spiro atoms. The fraction of sp³-hybridized carbons (Fsp3) is 0.833. The third-order valence-corrected chi connectivity index (χ3v) is 2.87. The molecule has 0 rings (SSSR count). The van der Waals surface area contributed by atoms with E-state index >= 15 is 0 Å². The summed E-state index contributed by atoms with van der Waals surface area (Å²) in [6.07, 6.45) is 2.60. The number of thioether (sulfide) groups is 1. The van der Waals surface area contributed by atoms with E-state index < -0.39 is 6.04 Å². The van der Waals surface area contributed by atoms with Crippen molar-refractivity contribution in [1.82, 2.24) is 10.2 Å². The molecular formula is C12H25N3O2S. The Bertz CT molecular complexity index is 290. The fourth-order valence-corrected chi connectivity index (χ4v) is 1.89. The summed E-state index contributed by atoms with van der Waals surface area (Å²) in [6, 6.07) is -0.523. The Morgan fingerprint density at radius 3 is 2.39 bits per heavy atom. The summed E-state index contributed by atoms with van der Waals surface area (Å²) in [6.45, 7) is 5.74. The first-order valence-electron chi connectivity index (χ1n) is 5.98. The van der Waals surface area contributed by atoms with E-state index in [0.29, 0.717) is 6.42 Å². The molecule has 0 aromatic heterocycles. The molecular weight excluding hydrogens is 250 g/mol. The van der Waals surface area contributed by atoms with Crippen molar-refractivity contribution in [2.45, 2.75) is 38.8 Å². The lowest BCUT2D eigenvalue weighted by molar-refractivity contribution is -0.136. The third kappa shape index (κ3) is 7.55. The van der Waals surface area contributed by atoms with Gasteiger partial charge in [-0.3, -0.25) is 9.59 Å². The average Bonchev–Trinajstić information content (AvgIpc) is 2.21. The van der Waals surface area contributed by atoms with Crippen molar-refractivity contribution in [3.8, 4) is 0 Å². The van der Waals surface area contributed by atoms with Crippen LogP contribution in [0.3, 0.4) is 0 Å². The van der Waals surface area contributed by atoms with Crippen molar-refractivity contribution < 1.29 is 9.59 Å². The van der Waals surface area contributed by atoms with Crippen LogP contribution < -0.4 is 11.1 Å². The minimum atomic E-state index is -0.523. The van der Waals surface area contributed by atoms with Gasteiger partial charge in [0.2, 0.25) is 11.8 Å². The number of hydrogen-bond acceptors (Lipinski definition) is 4. The Labute approximate surface area is 114 Å². The van der Waals surface area contributed by atoms with Crippen LogP contribution >= 0.6 is 11.8 Å². The zero-order valence-electron chi connectivity index (χ0n) is 11.9. The summed E-state index contributed by atoms with van der Waals surface area (Å²) < 4.78 is 0. The summed E-state index contributed by atoms with van der Waals surface area (Å²) >= 11 is 1.65. The number of nitrogens with two attached hydrogens (primary N) is 1. The van der Waals surface area contributed by atoms with Crippen LogP contribution in [0.25, 0.3) is 0 Å². The second kappa shape index (κ2) is 7.63. The van der Waals surface area contributed by atoms with Crippen molar-refractivity contribution in [1.29, 1.82) is 0 Å². The molecule has 3 N–H and O–H groups in total. The van der Waals surface area contributed by atoms with Crippen molar-refractivity contribution in [2.24, 2.45) is 5.73 Å². The fourth-order valence-electron chi connectivity index (χ4n) is 1.40. The van der Waals surface area contributed by atoms with E-state index in [1.54, 1.807) is 18.8 Å². The smallest absolute Gasteiger partial charge is 0.240 e. The molecule has 0 bridgehead atoms. The van der Waals surface area contributed by atoms with Gasteiger partial charge in [-0.05, 0) is 39.2 Å². The van der Waals surface area contributed by atoms with E-state index in [-0.39, 0.29) is 23.9 Å². The summed E-state index contributed by atoms with van der Waals surface area (Å²) in [5.74, 6) is 0.484. The number of hydrogen-bond donors (Lipinski definition) is 2. The van der Waals surface area contributed by atoms with E-state index in [2.05, 4.69) is 5.32 Å². The van der Waals surface area contributed by atoms with Crippen LogP contribution in [0.5, 0.6) is 0 Å². The Morgan fingerprint density at radius 2 is 1.94 bits per heavy atom. The summed E-state index contributed by atoms with van der Waals surface area (Å²) in [7, 11) is 1.60. The maximum absolute atomic E-state index is 11.9. The van der Waals surface area contributed by atoms with E-state index in [1.807, 2.05) is 27.0 Å². The number of nitrogens with zero attached hydrogens (tertiary/aromatic N) is 1. The van der Waals surface area contributed by atoms with Crippen molar-refractivity contribution in [3.05, 3.63) is 0 Å². The first-order chi connectivity index (χ1) is 8.17. The predicted octanol–water partition coefficient (Wildman–Crippen LogP) is 0.440. The number of rotatable bonds is 6. The van der Waals surface area contributed by atoms with E-state index in [9.17, 15) is 9.59 Å². The molecule has 5 nitrogen and oxygen atoms in total. The first kappa shape index (κ1) is 17.2. The van der Waals surface area contributed by atoms with Gasteiger partial charge < -0.3 is 16.0 Å². The highest BCUT2D eigenvalue weighted by atomic mass is 32.2. The van der Waals surface area contributed by atoms with Crippen molar-refractivity contribution in [2.75, 3.05) is 25.6 Å². The minimum Gasteiger partial charge on any atom is -0.350 e. The van der Waals surface area contributed by atoms with Crippen molar-refractivity contribution in [3.63, 3.8) is 0 Å². The Kier molecular flexibility index (Phi) is 7.32. The van der Waals surface area contributed by atoms with Gasteiger partial charge in [-0.2, -0.15) is 11.8 Å². The lowest BCUT2D eigenvalue weighted by Gasteiger charge is -2.24. The zero-order chi connectivity index (χ0) is 14.3. The van der Waals surface area contributed by atoms with Gasteiger partial charge in [0.25, 0.3) is 0 Å². The lowest BCUT2D eigenvalue weighted by atomic mass is 10.1. The largest absolute Gasteiger partial charge is 0.350 e. The zero-order valence-corrected chi connectivity index (χ0v) is 12.8. The van der Waals surface area contributed by atoms with Gasteiger partial charge >= 0.3 is 0 Å². The molecule has 0 aliphatic heterocycles.